The first-order valence-corrected chi connectivity index (χ1v) is 4.91. The SMILES string of the molecule is CCCCC1(C)CCCCO1. The maximum atomic E-state index is 5.77. The van der Waals surface area contributed by atoms with E-state index in [1.54, 1.807) is 0 Å². The minimum Gasteiger partial charge on any atom is -0.375 e. The molecule has 1 saturated heterocycles. The maximum absolute atomic E-state index is 5.77. The molecular formula is C10H20O. The molecule has 1 nitrogen and oxygen atoms in total. The van der Waals surface area contributed by atoms with Gasteiger partial charge in [-0.15, -0.1) is 0 Å². The van der Waals surface area contributed by atoms with Crippen LogP contribution in [0, 0.1) is 0 Å². The summed E-state index contributed by atoms with van der Waals surface area (Å²) in [6.07, 6.45) is 7.76. The van der Waals surface area contributed by atoms with Crippen molar-refractivity contribution in [2.45, 2.75) is 58.0 Å². The van der Waals surface area contributed by atoms with E-state index in [4.69, 9.17) is 4.74 Å². The van der Waals surface area contributed by atoms with E-state index in [-0.39, 0.29) is 5.60 Å². The van der Waals surface area contributed by atoms with E-state index in [0.29, 0.717) is 0 Å². The van der Waals surface area contributed by atoms with E-state index < -0.39 is 0 Å². The highest BCUT2D eigenvalue weighted by Gasteiger charge is 2.26. The van der Waals surface area contributed by atoms with E-state index in [2.05, 4.69) is 13.8 Å². The molecule has 1 atom stereocenters. The van der Waals surface area contributed by atoms with Gasteiger partial charge in [-0.1, -0.05) is 19.8 Å². The van der Waals surface area contributed by atoms with Gasteiger partial charge in [0.05, 0.1) is 5.60 Å². The molecule has 0 bridgehead atoms. The zero-order chi connectivity index (χ0) is 8.16. The van der Waals surface area contributed by atoms with E-state index in [0.717, 1.165) is 6.61 Å². The highest BCUT2D eigenvalue weighted by atomic mass is 16.5. The smallest absolute Gasteiger partial charge is 0.0654 e. The van der Waals surface area contributed by atoms with Crippen LogP contribution in [0.5, 0.6) is 0 Å². The standard InChI is InChI=1S/C10H20O/c1-3-4-7-10(2)8-5-6-9-11-10/h3-9H2,1-2H3. The predicted molar refractivity (Wildman–Crippen MR) is 47.7 cm³/mol. The summed E-state index contributed by atoms with van der Waals surface area (Å²) in [5.41, 5.74) is 0.230. The molecular weight excluding hydrogens is 136 g/mol. The Morgan fingerprint density at radius 3 is 2.73 bits per heavy atom. The van der Waals surface area contributed by atoms with Crippen molar-refractivity contribution < 1.29 is 4.74 Å². The molecule has 11 heavy (non-hydrogen) atoms. The molecule has 1 fully saturated rings. The van der Waals surface area contributed by atoms with Gasteiger partial charge in [-0.05, 0) is 32.6 Å². The fourth-order valence-electron chi connectivity index (χ4n) is 1.74. The first-order valence-electron chi connectivity index (χ1n) is 4.91. The predicted octanol–water partition coefficient (Wildman–Crippen LogP) is 3.14. The summed E-state index contributed by atoms with van der Waals surface area (Å²) in [5, 5.41) is 0. The van der Waals surface area contributed by atoms with Gasteiger partial charge < -0.3 is 4.74 Å². The molecule has 0 aliphatic carbocycles. The van der Waals surface area contributed by atoms with Gasteiger partial charge in [0.15, 0.2) is 0 Å². The second kappa shape index (κ2) is 4.10. The van der Waals surface area contributed by atoms with Crippen molar-refractivity contribution in [1.29, 1.82) is 0 Å². The zero-order valence-corrected chi connectivity index (χ0v) is 7.86. The highest BCUT2D eigenvalue weighted by Crippen LogP contribution is 2.29. The number of rotatable bonds is 3. The largest absolute Gasteiger partial charge is 0.375 e. The van der Waals surface area contributed by atoms with Gasteiger partial charge in [0.25, 0.3) is 0 Å². The molecule has 1 aliphatic rings. The highest BCUT2D eigenvalue weighted by molar-refractivity contribution is 4.77. The summed E-state index contributed by atoms with van der Waals surface area (Å²) in [4.78, 5) is 0. The Morgan fingerprint density at radius 2 is 2.18 bits per heavy atom. The monoisotopic (exact) mass is 156 g/mol. The molecule has 1 heteroatoms. The molecule has 0 N–H and O–H groups in total. The van der Waals surface area contributed by atoms with Crippen molar-refractivity contribution in [3.8, 4) is 0 Å². The third-order valence-electron chi connectivity index (χ3n) is 2.61. The molecule has 1 unspecified atom stereocenters. The van der Waals surface area contributed by atoms with E-state index >= 15 is 0 Å². The average Bonchev–Trinajstić information content (AvgIpc) is 2.03. The van der Waals surface area contributed by atoms with Gasteiger partial charge in [-0.25, -0.2) is 0 Å². The van der Waals surface area contributed by atoms with Crippen molar-refractivity contribution in [1.82, 2.24) is 0 Å². The molecule has 0 radical (unpaired) electrons. The Bertz CT molecular complexity index is 103. The van der Waals surface area contributed by atoms with Crippen molar-refractivity contribution in [2.75, 3.05) is 6.61 Å². The van der Waals surface area contributed by atoms with Crippen LogP contribution in [0.1, 0.15) is 52.4 Å². The van der Waals surface area contributed by atoms with E-state index in [1.165, 1.54) is 38.5 Å². The van der Waals surface area contributed by atoms with Crippen LogP contribution in [-0.4, -0.2) is 12.2 Å². The molecule has 0 aromatic heterocycles. The van der Waals surface area contributed by atoms with Crippen molar-refractivity contribution in [3.05, 3.63) is 0 Å². The lowest BCUT2D eigenvalue weighted by molar-refractivity contribution is -0.0711. The average molecular weight is 156 g/mol. The van der Waals surface area contributed by atoms with Gasteiger partial charge in [-0.3, -0.25) is 0 Å². The zero-order valence-electron chi connectivity index (χ0n) is 7.86. The molecule has 66 valence electrons. The van der Waals surface area contributed by atoms with Crippen molar-refractivity contribution in [2.24, 2.45) is 0 Å². The normalized spacial score (nSPS) is 32.2. The molecule has 0 aromatic rings. The second-order valence-corrected chi connectivity index (χ2v) is 3.86. The number of ether oxygens (including phenoxy) is 1. The third kappa shape index (κ3) is 2.82. The summed E-state index contributed by atoms with van der Waals surface area (Å²) in [6.45, 7) is 5.49. The van der Waals surface area contributed by atoms with Gasteiger partial charge in [-0.2, -0.15) is 0 Å². The Hall–Kier alpha value is -0.0400. The van der Waals surface area contributed by atoms with Crippen molar-refractivity contribution in [3.63, 3.8) is 0 Å². The fraction of sp³-hybridized carbons (Fsp3) is 1.00. The molecule has 0 aromatic carbocycles. The topological polar surface area (TPSA) is 9.23 Å². The molecule has 1 rings (SSSR count). The minimum absolute atomic E-state index is 0.230. The first kappa shape index (κ1) is 9.05. The van der Waals surface area contributed by atoms with Crippen LogP contribution in [0.4, 0.5) is 0 Å². The lowest BCUT2D eigenvalue weighted by Gasteiger charge is -2.33. The molecule has 1 aliphatic heterocycles. The van der Waals surface area contributed by atoms with Crippen LogP contribution < -0.4 is 0 Å². The number of hydrogen-bond acceptors (Lipinski definition) is 1. The third-order valence-corrected chi connectivity index (χ3v) is 2.61. The minimum atomic E-state index is 0.230. The van der Waals surface area contributed by atoms with Crippen LogP contribution >= 0.6 is 0 Å². The molecule has 1 heterocycles. The van der Waals surface area contributed by atoms with E-state index in [1.807, 2.05) is 0 Å². The Balaban J connectivity index is 2.25. The van der Waals surface area contributed by atoms with Gasteiger partial charge in [0.1, 0.15) is 0 Å². The summed E-state index contributed by atoms with van der Waals surface area (Å²) >= 11 is 0. The summed E-state index contributed by atoms with van der Waals surface area (Å²) in [6, 6.07) is 0. The number of unbranched alkanes of at least 4 members (excludes halogenated alkanes) is 1. The van der Waals surface area contributed by atoms with Crippen LogP contribution in [0.3, 0.4) is 0 Å². The van der Waals surface area contributed by atoms with Crippen LogP contribution in [0.15, 0.2) is 0 Å². The van der Waals surface area contributed by atoms with Gasteiger partial charge in [0, 0.05) is 6.61 Å². The maximum Gasteiger partial charge on any atom is 0.0654 e. The summed E-state index contributed by atoms with van der Waals surface area (Å²) in [7, 11) is 0. The fourth-order valence-corrected chi connectivity index (χ4v) is 1.74. The summed E-state index contributed by atoms with van der Waals surface area (Å²) < 4.78 is 5.77. The Morgan fingerprint density at radius 1 is 1.36 bits per heavy atom. The van der Waals surface area contributed by atoms with Gasteiger partial charge >= 0.3 is 0 Å². The second-order valence-electron chi connectivity index (χ2n) is 3.86. The van der Waals surface area contributed by atoms with Crippen molar-refractivity contribution >= 4 is 0 Å². The lowest BCUT2D eigenvalue weighted by Crippen LogP contribution is -2.32. The lowest BCUT2D eigenvalue weighted by atomic mass is 9.91. The quantitative estimate of drug-likeness (QED) is 0.610. The van der Waals surface area contributed by atoms with E-state index in [9.17, 15) is 0 Å². The molecule has 0 spiro atoms. The summed E-state index contributed by atoms with van der Waals surface area (Å²) in [5.74, 6) is 0. The van der Waals surface area contributed by atoms with Crippen LogP contribution in [0.25, 0.3) is 0 Å². The molecule has 0 saturated carbocycles. The Labute approximate surface area is 70.1 Å². The van der Waals surface area contributed by atoms with Crippen LogP contribution in [-0.2, 0) is 4.74 Å². The van der Waals surface area contributed by atoms with Gasteiger partial charge in [0.2, 0.25) is 0 Å². The number of hydrogen-bond donors (Lipinski definition) is 0. The van der Waals surface area contributed by atoms with Crippen LogP contribution in [0.2, 0.25) is 0 Å². The first-order chi connectivity index (χ1) is 5.27. The molecule has 0 amide bonds. The Kier molecular flexibility index (Phi) is 3.38.